The molecule has 1 aromatic carbocycles. The van der Waals surface area contributed by atoms with Crippen LogP contribution in [0.15, 0.2) is 24.3 Å². The maximum absolute atomic E-state index is 12.0. The van der Waals surface area contributed by atoms with Crippen molar-refractivity contribution in [2.24, 2.45) is 0 Å². The molecule has 0 heterocycles. The van der Waals surface area contributed by atoms with Gasteiger partial charge in [0.2, 0.25) is 9.70 Å². The molecular weight excluding hydrogens is 469 g/mol. The molecule has 0 saturated heterocycles. The average molecular weight is 492 g/mol. The van der Waals surface area contributed by atoms with Crippen molar-refractivity contribution in [1.82, 2.24) is 5.32 Å². The van der Waals surface area contributed by atoms with Gasteiger partial charge in [-0.15, -0.1) is 0 Å². The number of unbranched alkanes of at least 4 members (excludes halogenated alkanes) is 4. The predicted octanol–water partition coefficient (Wildman–Crippen LogP) is 5.88. The van der Waals surface area contributed by atoms with Crippen molar-refractivity contribution in [1.29, 1.82) is 0 Å². The van der Waals surface area contributed by atoms with Crippen LogP contribution in [0.3, 0.4) is 0 Å². The molecule has 0 fully saturated rings. The molecule has 0 aliphatic heterocycles. The van der Waals surface area contributed by atoms with Gasteiger partial charge in [0.15, 0.2) is 0 Å². The molecule has 1 atom stereocenters. The van der Waals surface area contributed by atoms with E-state index in [9.17, 15) is 4.79 Å². The highest BCUT2D eigenvalue weighted by Crippen LogP contribution is 2.31. The lowest BCUT2D eigenvalue weighted by atomic mass is 10.1. The Hall–Kier alpha value is 0.0900. The molecule has 1 rings (SSSR count). The molecule has 7 heteroatoms. The molecule has 0 aliphatic carbocycles. The Labute approximate surface area is 167 Å². The zero-order chi connectivity index (χ0) is 17.3. The van der Waals surface area contributed by atoms with Gasteiger partial charge in [-0.3, -0.25) is 4.79 Å². The quantitative estimate of drug-likeness (QED) is 0.196. The van der Waals surface area contributed by atoms with Crippen LogP contribution in [0.2, 0.25) is 0 Å². The molecule has 1 amide bonds. The summed E-state index contributed by atoms with van der Waals surface area (Å²) in [4.78, 5) is 12.0. The highest BCUT2D eigenvalue weighted by atomic mass is 127. The molecule has 23 heavy (non-hydrogen) atoms. The molecule has 0 aliphatic rings. The van der Waals surface area contributed by atoms with E-state index in [-0.39, 0.29) is 5.91 Å². The number of rotatable bonds is 9. The van der Waals surface area contributed by atoms with E-state index in [2.05, 4.69) is 40.1 Å². The Morgan fingerprint density at radius 2 is 1.74 bits per heavy atom. The van der Waals surface area contributed by atoms with Gasteiger partial charge in [0.1, 0.15) is 6.17 Å². The number of nitrogens with one attached hydrogen (secondary N) is 2. The largest absolute Gasteiger partial charge is 0.362 e. The van der Waals surface area contributed by atoms with Crippen molar-refractivity contribution in [3.05, 3.63) is 27.8 Å². The van der Waals surface area contributed by atoms with Crippen molar-refractivity contribution >= 4 is 69.0 Å². The molecule has 3 nitrogen and oxygen atoms in total. The summed E-state index contributed by atoms with van der Waals surface area (Å²) in [5.74, 6) is -0.115. The molecular formula is C16H22Cl3IN2O. The first-order valence-corrected chi connectivity index (χ1v) is 9.92. The number of halogens is 4. The Kier molecular flexibility index (Phi) is 9.97. The van der Waals surface area contributed by atoms with Crippen LogP contribution in [0.1, 0.15) is 45.4 Å². The number of anilines is 1. The van der Waals surface area contributed by atoms with Crippen LogP contribution in [0.5, 0.6) is 0 Å². The van der Waals surface area contributed by atoms with Crippen molar-refractivity contribution in [2.75, 3.05) is 5.32 Å². The summed E-state index contributed by atoms with van der Waals surface area (Å²) in [6.07, 6.45) is 5.09. The summed E-state index contributed by atoms with van der Waals surface area (Å²) < 4.78 is -0.532. The van der Waals surface area contributed by atoms with Crippen molar-refractivity contribution in [3.63, 3.8) is 0 Å². The second kappa shape index (κ2) is 10.9. The van der Waals surface area contributed by atoms with E-state index in [0.717, 1.165) is 28.5 Å². The minimum Gasteiger partial charge on any atom is -0.362 e. The second-order valence-electron chi connectivity index (χ2n) is 5.36. The Morgan fingerprint density at radius 1 is 1.13 bits per heavy atom. The summed E-state index contributed by atoms with van der Waals surface area (Å²) in [6.45, 7) is 2.16. The van der Waals surface area contributed by atoms with Gasteiger partial charge in [0, 0.05) is 15.7 Å². The van der Waals surface area contributed by atoms with Crippen LogP contribution < -0.4 is 10.6 Å². The van der Waals surface area contributed by atoms with Crippen LogP contribution in [0, 0.1) is 3.57 Å². The van der Waals surface area contributed by atoms with E-state index in [1.165, 1.54) is 12.8 Å². The lowest BCUT2D eigenvalue weighted by Crippen LogP contribution is -2.49. The van der Waals surface area contributed by atoms with Crippen molar-refractivity contribution < 1.29 is 4.79 Å². The third kappa shape index (κ3) is 9.22. The lowest BCUT2D eigenvalue weighted by Gasteiger charge is -2.27. The van der Waals surface area contributed by atoms with E-state index in [1.54, 1.807) is 0 Å². The van der Waals surface area contributed by atoms with E-state index < -0.39 is 9.96 Å². The fourth-order valence-corrected chi connectivity index (χ4v) is 2.72. The van der Waals surface area contributed by atoms with Gasteiger partial charge in [-0.1, -0.05) is 67.4 Å². The Bertz CT molecular complexity index is 477. The van der Waals surface area contributed by atoms with Crippen LogP contribution in [0.4, 0.5) is 5.69 Å². The smallest absolute Gasteiger partial charge is 0.228 e. The van der Waals surface area contributed by atoms with Crippen molar-refractivity contribution in [3.8, 4) is 0 Å². The summed E-state index contributed by atoms with van der Waals surface area (Å²) in [5.41, 5.74) is 0.782. The van der Waals surface area contributed by atoms with E-state index in [0.29, 0.717) is 6.42 Å². The van der Waals surface area contributed by atoms with Gasteiger partial charge >= 0.3 is 0 Å². The Morgan fingerprint density at radius 3 is 2.30 bits per heavy atom. The van der Waals surface area contributed by atoms with Gasteiger partial charge in [-0.05, 0) is 53.3 Å². The molecule has 130 valence electrons. The summed E-state index contributed by atoms with van der Waals surface area (Å²) in [7, 11) is 0. The highest BCUT2D eigenvalue weighted by Gasteiger charge is 2.33. The topological polar surface area (TPSA) is 41.1 Å². The van der Waals surface area contributed by atoms with Crippen LogP contribution >= 0.6 is 57.4 Å². The Balaban J connectivity index is 2.51. The van der Waals surface area contributed by atoms with Gasteiger partial charge in [-0.2, -0.15) is 0 Å². The minimum atomic E-state index is -1.64. The molecule has 1 unspecified atom stereocenters. The third-order valence-corrected chi connectivity index (χ3v) is 4.67. The number of benzene rings is 1. The number of hydrogen-bond donors (Lipinski definition) is 2. The molecule has 0 bridgehead atoms. The van der Waals surface area contributed by atoms with E-state index in [1.807, 2.05) is 24.3 Å². The summed E-state index contributed by atoms with van der Waals surface area (Å²) >= 11 is 20.2. The number of hydrogen-bond acceptors (Lipinski definition) is 2. The van der Waals surface area contributed by atoms with E-state index >= 15 is 0 Å². The number of carbonyl (C=O) groups is 1. The molecule has 1 aromatic rings. The first-order valence-electron chi connectivity index (χ1n) is 7.71. The molecule has 2 N–H and O–H groups in total. The molecule has 0 saturated carbocycles. The van der Waals surface area contributed by atoms with Crippen LogP contribution in [0.25, 0.3) is 0 Å². The predicted molar refractivity (Wildman–Crippen MR) is 108 cm³/mol. The fourth-order valence-electron chi connectivity index (χ4n) is 2.03. The first-order chi connectivity index (χ1) is 10.8. The van der Waals surface area contributed by atoms with Gasteiger partial charge in [0.05, 0.1) is 0 Å². The zero-order valence-corrected chi connectivity index (χ0v) is 17.5. The molecule has 0 radical (unpaired) electrons. The normalized spacial score (nSPS) is 12.7. The number of carbonyl (C=O) groups excluding carboxylic acids is 1. The van der Waals surface area contributed by atoms with E-state index in [4.69, 9.17) is 34.8 Å². The number of amides is 1. The first kappa shape index (κ1) is 21.1. The maximum Gasteiger partial charge on any atom is 0.228 e. The van der Waals surface area contributed by atoms with Crippen LogP contribution in [-0.2, 0) is 4.79 Å². The fraction of sp³-hybridized carbons (Fsp3) is 0.562. The monoisotopic (exact) mass is 490 g/mol. The molecule has 0 spiro atoms. The summed E-state index contributed by atoms with van der Waals surface area (Å²) in [6, 6.07) is 7.63. The molecule has 0 aromatic heterocycles. The van der Waals surface area contributed by atoms with Crippen molar-refractivity contribution in [2.45, 2.75) is 55.4 Å². The maximum atomic E-state index is 12.0. The van der Waals surface area contributed by atoms with Gasteiger partial charge in [0.25, 0.3) is 0 Å². The summed E-state index contributed by atoms with van der Waals surface area (Å²) in [5, 5.41) is 5.82. The lowest BCUT2D eigenvalue weighted by molar-refractivity contribution is -0.121. The SMILES string of the molecule is CCCCCCCC(=O)NC(Nc1ccc(I)cc1)C(Cl)(Cl)Cl. The number of alkyl halides is 3. The third-order valence-electron chi connectivity index (χ3n) is 3.30. The average Bonchev–Trinajstić information content (AvgIpc) is 2.47. The highest BCUT2D eigenvalue weighted by molar-refractivity contribution is 14.1. The van der Waals surface area contributed by atoms with Gasteiger partial charge < -0.3 is 10.6 Å². The van der Waals surface area contributed by atoms with Gasteiger partial charge in [-0.25, -0.2) is 0 Å². The zero-order valence-electron chi connectivity index (χ0n) is 13.0. The standard InChI is InChI=1S/C16H22Cl3IN2O/c1-2-3-4-5-6-7-14(23)22-15(16(17,18)19)21-13-10-8-12(20)9-11-13/h8-11,15,21H,2-7H2,1H3,(H,22,23). The van der Waals surface area contributed by atoms with Crippen LogP contribution in [-0.4, -0.2) is 15.9 Å². The second-order valence-corrected chi connectivity index (χ2v) is 8.97. The minimum absolute atomic E-state index is 0.115.